The van der Waals surface area contributed by atoms with Crippen molar-refractivity contribution in [1.82, 2.24) is 14.5 Å². The number of nitrogens with two attached hydrogens (primary N) is 1. The van der Waals surface area contributed by atoms with Crippen molar-refractivity contribution in [3.8, 4) is 0 Å². The summed E-state index contributed by atoms with van der Waals surface area (Å²) in [6.07, 6.45) is -2.93. The summed E-state index contributed by atoms with van der Waals surface area (Å²) >= 11 is 0. The molecule has 2 N–H and O–H groups in total. The summed E-state index contributed by atoms with van der Waals surface area (Å²) < 4.78 is 81.0. The summed E-state index contributed by atoms with van der Waals surface area (Å²) in [6, 6.07) is 0.919. The van der Waals surface area contributed by atoms with Crippen LogP contribution in [0.1, 0.15) is 48.0 Å². The number of alkyl halides is 3. The molecule has 2 aromatic rings. The fraction of sp³-hybridized carbons (Fsp3) is 0.526. The number of fused-ring (bicyclic) bond motifs is 1. The molecule has 0 radical (unpaired) electrons. The van der Waals surface area contributed by atoms with Gasteiger partial charge in [-0.05, 0) is 30.9 Å². The van der Waals surface area contributed by atoms with Crippen molar-refractivity contribution >= 4 is 0 Å². The Balaban J connectivity index is 1.46. The monoisotopic (exact) mass is 418 g/mol. The van der Waals surface area contributed by atoms with Crippen LogP contribution in [0.5, 0.6) is 0 Å². The standard InChI is InChI=1S/C19H20F6N4/c1-28-17-8-29(7-16(17)27-18(28)19(23,24)25)9-2-3-10(15(26)4-9)11-5-13(21)14(22)6-12(11)20/h5-6,9-10,15H,2-4,7-8,26H2,1H3/t9-,10+,15-/m0/s1. The van der Waals surface area contributed by atoms with Gasteiger partial charge in [-0.25, -0.2) is 18.2 Å². The maximum atomic E-state index is 14.1. The number of rotatable bonds is 2. The average Bonchev–Trinajstić information content (AvgIpc) is 3.18. The zero-order chi connectivity index (χ0) is 21.1. The van der Waals surface area contributed by atoms with Crippen molar-refractivity contribution < 1.29 is 26.3 Å². The van der Waals surface area contributed by atoms with Gasteiger partial charge in [0.2, 0.25) is 5.82 Å². The number of aromatic nitrogens is 2. The third-order valence-corrected chi connectivity index (χ3v) is 6.08. The van der Waals surface area contributed by atoms with E-state index in [1.165, 1.54) is 7.05 Å². The van der Waals surface area contributed by atoms with E-state index in [4.69, 9.17) is 5.73 Å². The largest absolute Gasteiger partial charge is 0.449 e. The number of benzene rings is 1. The van der Waals surface area contributed by atoms with Gasteiger partial charge in [-0.15, -0.1) is 0 Å². The Morgan fingerprint density at radius 3 is 2.34 bits per heavy atom. The molecule has 4 rings (SSSR count). The highest BCUT2D eigenvalue weighted by molar-refractivity contribution is 5.27. The van der Waals surface area contributed by atoms with Gasteiger partial charge in [0.25, 0.3) is 0 Å². The van der Waals surface area contributed by atoms with Crippen LogP contribution >= 0.6 is 0 Å². The summed E-state index contributed by atoms with van der Waals surface area (Å²) in [5.41, 5.74) is 7.24. The molecule has 1 aliphatic heterocycles. The van der Waals surface area contributed by atoms with Crippen molar-refractivity contribution in [1.29, 1.82) is 0 Å². The summed E-state index contributed by atoms with van der Waals surface area (Å²) in [5.74, 6) is -4.52. The average molecular weight is 418 g/mol. The second-order valence-corrected chi connectivity index (χ2v) is 7.82. The molecule has 4 nitrogen and oxygen atoms in total. The van der Waals surface area contributed by atoms with Crippen molar-refractivity contribution in [2.75, 3.05) is 0 Å². The molecule has 1 aliphatic carbocycles. The highest BCUT2D eigenvalue weighted by Gasteiger charge is 2.42. The second kappa shape index (κ2) is 7.02. The minimum absolute atomic E-state index is 0.00172. The number of halogens is 6. The Morgan fingerprint density at radius 1 is 1.03 bits per heavy atom. The smallest absolute Gasteiger partial charge is 0.327 e. The van der Waals surface area contributed by atoms with Gasteiger partial charge in [0.1, 0.15) is 5.82 Å². The van der Waals surface area contributed by atoms with Gasteiger partial charge in [-0.3, -0.25) is 4.90 Å². The molecule has 2 aliphatic rings. The molecule has 0 unspecified atom stereocenters. The van der Waals surface area contributed by atoms with Crippen LogP contribution in [-0.4, -0.2) is 26.5 Å². The third kappa shape index (κ3) is 3.52. The summed E-state index contributed by atoms with van der Waals surface area (Å²) in [5, 5.41) is 0. The van der Waals surface area contributed by atoms with E-state index in [-0.39, 0.29) is 11.6 Å². The lowest BCUT2D eigenvalue weighted by molar-refractivity contribution is -0.147. The molecule has 1 fully saturated rings. The quantitative estimate of drug-likeness (QED) is 0.596. The molecule has 158 valence electrons. The van der Waals surface area contributed by atoms with E-state index in [9.17, 15) is 26.3 Å². The predicted octanol–water partition coefficient (Wildman–Crippen LogP) is 3.84. The van der Waals surface area contributed by atoms with Gasteiger partial charge in [0.15, 0.2) is 11.6 Å². The van der Waals surface area contributed by atoms with Crippen LogP contribution < -0.4 is 5.73 Å². The Labute approximate surface area is 163 Å². The minimum Gasteiger partial charge on any atom is -0.327 e. The van der Waals surface area contributed by atoms with Gasteiger partial charge in [0.05, 0.1) is 11.4 Å². The van der Waals surface area contributed by atoms with Gasteiger partial charge < -0.3 is 10.3 Å². The molecule has 10 heteroatoms. The van der Waals surface area contributed by atoms with Crippen molar-refractivity contribution in [3.63, 3.8) is 0 Å². The molecule has 1 saturated carbocycles. The molecule has 0 spiro atoms. The topological polar surface area (TPSA) is 47.1 Å². The van der Waals surface area contributed by atoms with E-state index >= 15 is 0 Å². The Kier molecular flexibility index (Phi) is 4.89. The molecule has 0 bridgehead atoms. The van der Waals surface area contributed by atoms with Crippen LogP contribution in [-0.2, 0) is 26.3 Å². The van der Waals surface area contributed by atoms with Crippen molar-refractivity contribution in [2.24, 2.45) is 12.8 Å². The summed E-state index contributed by atoms with van der Waals surface area (Å²) in [6.45, 7) is 0.622. The molecule has 1 aromatic carbocycles. The van der Waals surface area contributed by atoms with E-state index in [1.54, 1.807) is 0 Å². The van der Waals surface area contributed by atoms with Gasteiger partial charge >= 0.3 is 6.18 Å². The van der Waals surface area contributed by atoms with Gasteiger partial charge in [-0.2, -0.15) is 13.2 Å². The van der Waals surface area contributed by atoms with Gasteiger partial charge in [0, 0.05) is 44.2 Å². The first-order chi connectivity index (χ1) is 13.6. The fourth-order valence-electron chi connectivity index (χ4n) is 4.59. The lowest BCUT2D eigenvalue weighted by atomic mass is 9.77. The first kappa shape index (κ1) is 20.2. The van der Waals surface area contributed by atoms with E-state index in [0.29, 0.717) is 49.8 Å². The third-order valence-electron chi connectivity index (χ3n) is 6.08. The highest BCUT2D eigenvalue weighted by atomic mass is 19.4. The maximum Gasteiger partial charge on any atom is 0.449 e. The van der Waals surface area contributed by atoms with Crippen LogP contribution in [0.25, 0.3) is 0 Å². The molecule has 1 aromatic heterocycles. The van der Waals surface area contributed by atoms with E-state index < -0.39 is 41.4 Å². The summed E-state index contributed by atoms with van der Waals surface area (Å²) in [4.78, 5) is 5.78. The fourth-order valence-corrected chi connectivity index (χ4v) is 4.59. The Morgan fingerprint density at radius 2 is 1.72 bits per heavy atom. The number of hydrogen-bond donors (Lipinski definition) is 1. The van der Waals surface area contributed by atoms with Crippen molar-refractivity contribution in [2.45, 2.75) is 56.5 Å². The van der Waals surface area contributed by atoms with Crippen LogP contribution in [0, 0.1) is 17.5 Å². The Bertz CT molecular complexity index is 938. The van der Waals surface area contributed by atoms with E-state index in [2.05, 4.69) is 4.98 Å². The van der Waals surface area contributed by atoms with Crippen LogP contribution in [0.2, 0.25) is 0 Å². The molecule has 29 heavy (non-hydrogen) atoms. The highest BCUT2D eigenvalue weighted by Crippen LogP contribution is 2.39. The summed E-state index contributed by atoms with van der Waals surface area (Å²) in [7, 11) is 1.35. The maximum absolute atomic E-state index is 14.1. The lowest BCUT2D eigenvalue weighted by Gasteiger charge is -2.38. The van der Waals surface area contributed by atoms with Gasteiger partial charge in [-0.1, -0.05) is 0 Å². The van der Waals surface area contributed by atoms with Crippen LogP contribution in [0.15, 0.2) is 12.1 Å². The predicted molar refractivity (Wildman–Crippen MR) is 92.1 cm³/mol. The van der Waals surface area contributed by atoms with E-state index in [1.807, 2.05) is 4.90 Å². The molecular weight excluding hydrogens is 398 g/mol. The molecular formula is C19H20F6N4. The second-order valence-electron chi connectivity index (χ2n) is 7.82. The number of nitrogens with zero attached hydrogens (tertiary/aromatic N) is 3. The first-order valence-electron chi connectivity index (χ1n) is 9.32. The van der Waals surface area contributed by atoms with Crippen LogP contribution in [0.3, 0.4) is 0 Å². The zero-order valence-corrected chi connectivity index (χ0v) is 15.6. The molecule has 0 saturated heterocycles. The zero-order valence-electron chi connectivity index (χ0n) is 15.6. The number of imidazole rings is 1. The lowest BCUT2D eigenvalue weighted by Crippen LogP contribution is -2.44. The molecule has 2 heterocycles. The molecule has 0 amide bonds. The Hall–Kier alpha value is -2.07. The molecule has 3 atom stereocenters. The van der Waals surface area contributed by atoms with E-state index in [0.717, 1.165) is 10.6 Å². The first-order valence-corrected chi connectivity index (χ1v) is 9.32. The van der Waals surface area contributed by atoms with Crippen molar-refractivity contribution in [3.05, 3.63) is 52.4 Å². The number of hydrogen-bond acceptors (Lipinski definition) is 3. The van der Waals surface area contributed by atoms with Crippen LogP contribution in [0.4, 0.5) is 26.3 Å². The normalized spacial score (nSPS) is 25.4. The SMILES string of the molecule is Cn1c(C(F)(F)F)nc2c1CN([C@H]1CC[C@H](c3cc(F)c(F)cc3F)[C@@H](N)C1)C2. The minimum atomic E-state index is -4.50.